The smallest absolute Gasteiger partial charge is 0.103 e. The molecule has 1 N–H and O–H groups in total. The van der Waals surface area contributed by atoms with Crippen LogP contribution >= 0.6 is 0 Å². The average Bonchev–Trinajstić information content (AvgIpc) is 2.63. The number of hydrogen-bond acceptors (Lipinski definition) is 5. The van der Waals surface area contributed by atoms with Crippen molar-refractivity contribution in [3.63, 3.8) is 0 Å². The molecule has 1 atom stereocenters. The molecule has 0 spiro atoms. The molecule has 0 amide bonds. The lowest BCUT2D eigenvalue weighted by Gasteiger charge is -2.36. The van der Waals surface area contributed by atoms with Crippen molar-refractivity contribution in [2.45, 2.75) is 31.8 Å². The van der Waals surface area contributed by atoms with Gasteiger partial charge in [0.25, 0.3) is 0 Å². The van der Waals surface area contributed by atoms with Crippen LogP contribution in [0.25, 0.3) is 0 Å². The maximum absolute atomic E-state index is 9.15. The van der Waals surface area contributed by atoms with Gasteiger partial charge in [-0.1, -0.05) is 0 Å². The number of likely N-dealkylation sites (tertiary alicyclic amines) is 1. The molecule has 0 aliphatic carbocycles. The summed E-state index contributed by atoms with van der Waals surface area (Å²) in [4.78, 5) is 10.6. The first-order valence-electron chi connectivity index (χ1n) is 8.02. The molecule has 2 aromatic rings. The number of pyridine rings is 2. The third kappa shape index (κ3) is 3.66. The summed E-state index contributed by atoms with van der Waals surface area (Å²) in [5.74, 6) is 0. The van der Waals surface area contributed by atoms with E-state index in [1.807, 2.05) is 18.5 Å². The van der Waals surface area contributed by atoms with Crippen LogP contribution in [0.3, 0.4) is 0 Å². The Kier molecular flexibility index (Phi) is 4.84. The van der Waals surface area contributed by atoms with Crippen LogP contribution in [0.15, 0.2) is 43.0 Å². The molecule has 5 nitrogen and oxygen atoms in total. The summed E-state index contributed by atoms with van der Waals surface area (Å²) in [5.41, 5.74) is 2.82. The van der Waals surface area contributed by atoms with Crippen molar-refractivity contribution in [3.05, 3.63) is 54.1 Å². The molecule has 118 valence electrons. The molecule has 3 rings (SSSR count). The fraction of sp³-hybridized carbons (Fsp3) is 0.389. The number of nitrogens with one attached hydrogen (secondary N) is 1. The molecule has 0 radical (unpaired) electrons. The Labute approximate surface area is 137 Å². The van der Waals surface area contributed by atoms with E-state index in [-0.39, 0.29) is 0 Å². The molecule has 1 aliphatic rings. The van der Waals surface area contributed by atoms with Crippen molar-refractivity contribution in [1.29, 1.82) is 5.26 Å². The molecular formula is C18H21N5. The van der Waals surface area contributed by atoms with Gasteiger partial charge in [-0.05, 0) is 43.5 Å². The average molecular weight is 307 g/mol. The largest absolute Gasteiger partial charge is 0.381 e. The lowest BCUT2D eigenvalue weighted by atomic mass is 10.0. The summed E-state index contributed by atoms with van der Waals surface area (Å²) in [5, 5.41) is 12.6. The van der Waals surface area contributed by atoms with Crippen LogP contribution in [0, 0.1) is 11.3 Å². The minimum absolute atomic E-state index is 0.408. The number of piperidine rings is 1. The Hall–Kier alpha value is -2.45. The highest BCUT2D eigenvalue weighted by Gasteiger charge is 2.23. The van der Waals surface area contributed by atoms with Crippen LogP contribution in [0.2, 0.25) is 0 Å². The van der Waals surface area contributed by atoms with E-state index < -0.39 is 0 Å². The molecule has 0 bridgehead atoms. The highest BCUT2D eigenvalue weighted by Crippen LogP contribution is 2.25. The molecule has 0 aromatic carbocycles. The van der Waals surface area contributed by atoms with Crippen molar-refractivity contribution in [2.24, 2.45) is 0 Å². The molecule has 5 heteroatoms. The fourth-order valence-electron chi connectivity index (χ4n) is 3.11. The highest BCUT2D eigenvalue weighted by molar-refractivity contribution is 5.56. The van der Waals surface area contributed by atoms with E-state index >= 15 is 0 Å². The number of nitrogens with zero attached hydrogens (tertiary/aromatic N) is 4. The summed E-state index contributed by atoms with van der Waals surface area (Å²) >= 11 is 0. The maximum atomic E-state index is 9.15. The van der Waals surface area contributed by atoms with Gasteiger partial charge in [0, 0.05) is 50.0 Å². The van der Waals surface area contributed by atoms with Crippen molar-refractivity contribution >= 4 is 5.69 Å². The second-order valence-corrected chi connectivity index (χ2v) is 5.94. The summed E-state index contributed by atoms with van der Waals surface area (Å²) in [6, 6.07) is 9.07. The van der Waals surface area contributed by atoms with Gasteiger partial charge in [-0.2, -0.15) is 5.26 Å². The van der Waals surface area contributed by atoms with Crippen LogP contribution < -0.4 is 5.32 Å². The topological polar surface area (TPSA) is 64.8 Å². The number of rotatable bonds is 4. The highest BCUT2D eigenvalue weighted by atomic mass is 15.2. The maximum Gasteiger partial charge on any atom is 0.103 e. The van der Waals surface area contributed by atoms with Gasteiger partial charge in [-0.15, -0.1) is 0 Å². The Balaban J connectivity index is 1.58. The Bertz CT molecular complexity index is 671. The summed E-state index contributed by atoms with van der Waals surface area (Å²) in [7, 11) is 0. The minimum atomic E-state index is 0.408. The van der Waals surface area contributed by atoms with Gasteiger partial charge >= 0.3 is 0 Å². The molecule has 1 fully saturated rings. The van der Waals surface area contributed by atoms with Gasteiger partial charge in [0.05, 0.1) is 11.3 Å². The van der Waals surface area contributed by atoms with Crippen LogP contribution in [0.1, 0.15) is 36.9 Å². The summed E-state index contributed by atoms with van der Waals surface area (Å²) in [6.45, 7) is 4.35. The lowest BCUT2D eigenvalue weighted by molar-refractivity contribution is 0.167. The SMILES string of the molecule is CC(c1ccncc1)N1CCC(Nc2ccncc2C#N)CC1. The third-order valence-corrected chi connectivity index (χ3v) is 4.57. The molecule has 1 aliphatic heterocycles. The predicted molar refractivity (Wildman–Crippen MR) is 89.8 cm³/mol. The normalized spacial score (nSPS) is 17.4. The van der Waals surface area contributed by atoms with Crippen molar-refractivity contribution in [2.75, 3.05) is 18.4 Å². The zero-order valence-electron chi connectivity index (χ0n) is 13.3. The quantitative estimate of drug-likeness (QED) is 0.940. The molecule has 1 saturated heterocycles. The first kappa shape index (κ1) is 15.4. The summed E-state index contributed by atoms with van der Waals surface area (Å²) in [6.07, 6.45) is 9.19. The van der Waals surface area contributed by atoms with E-state index in [0.29, 0.717) is 17.6 Å². The number of nitriles is 1. The van der Waals surface area contributed by atoms with E-state index in [1.165, 1.54) is 5.56 Å². The molecule has 3 heterocycles. The standard InChI is InChI=1S/C18H21N5/c1-14(15-2-7-20-8-3-15)23-10-5-17(6-11-23)22-18-4-9-21-13-16(18)12-19/h2-4,7-9,13-14,17H,5-6,10-11H2,1H3,(H,21,22). The van der Waals surface area contributed by atoms with E-state index in [9.17, 15) is 0 Å². The van der Waals surface area contributed by atoms with Crippen molar-refractivity contribution in [3.8, 4) is 6.07 Å². The number of aromatic nitrogens is 2. The Morgan fingerprint density at radius 2 is 1.87 bits per heavy atom. The molecular weight excluding hydrogens is 286 g/mol. The van der Waals surface area contributed by atoms with Gasteiger partial charge in [0.15, 0.2) is 0 Å². The number of anilines is 1. The second kappa shape index (κ2) is 7.21. The van der Waals surface area contributed by atoms with Crippen LogP contribution in [-0.2, 0) is 0 Å². The van der Waals surface area contributed by atoms with Gasteiger partial charge in [-0.25, -0.2) is 0 Å². The predicted octanol–water partition coefficient (Wildman–Crippen LogP) is 2.99. The van der Waals surface area contributed by atoms with Gasteiger partial charge in [0.1, 0.15) is 6.07 Å². The van der Waals surface area contributed by atoms with E-state index in [4.69, 9.17) is 5.26 Å². The van der Waals surface area contributed by atoms with E-state index in [2.05, 4.69) is 45.3 Å². The van der Waals surface area contributed by atoms with Crippen LogP contribution in [0.5, 0.6) is 0 Å². The number of hydrogen-bond donors (Lipinski definition) is 1. The van der Waals surface area contributed by atoms with Gasteiger partial charge in [0.2, 0.25) is 0 Å². The molecule has 1 unspecified atom stereocenters. The fourth-order valence-corrected chi connectivity index (χ4v) is 3.11. The monoisotopic (exact) mass is 307 g/mol. The third-order valence-electron chi connectivity index (χ3n) is 4.57. The zero-order valence-corrected chi connectivity index (χ0v) is 13.3. The zero-order chi connectivity index (χ0) is 16.1. The van der Waals surface area contributed by atoms with Crippen LogP contribution in [-0.4, -0.2) is 34.0 Å². The summed E-state index contributed by atoms with van der Waals surface area (Å²) < 4.78 is 0. The van der Waals surface area contributed by atoms with Crippen molar-refractivity contribution < 1.29 is 0 Å². The molecule has 2 aromatic heterocycles. The Morgan fingerprint density at radius 3 is 2.57 bits per heavy atom. The lowest BCUT2D eigenvalue weighted by Crippen LogP contribution is -2.40. The van der Waals surface area contributed by atoms with Crippen LogP contribution in [0.4, 0.5) is 5.69 Å². The molecule has 23 heavy (non-hydrogen) atoms. The van der Waals surface area contributed by atoms with Gasteiger partial charge < -0.3 is 5.32 Å². The van der Waals surface area contributed by atoms with E-state index in [1.54, 1.807) is 12.4 Å². The minimum Gasteiger partial charge on any atom is -0.381 e. The van der Waals surface area contributed by atoms with E-state index in [0.717, 1.165) is 31.6 Å². The Morgan fingerprint density at radius 1 is 1.17 bits per heavy atom. The first-order valence-corrected chi connectivity index (χ1v) is 8.02. The van der Waals surface area contributed by atoms with Gasteiger partial charge in [-0.3, -0.25) is 14.9 Å². The van der Waals surface area contributed by atoms with Crippen molar-refractivity contribution in [1.82, 2.24) is 14.9 Å². The first-order chi connectivity index (χ1) is 11.3. The second-order valence-electron chi connectivity index (χ2n) is 5.94. The molecule has 0 saturated carbocycles.